The van der Waals surface area contributed by atoms with Crippen LogP contribution in [-0.4, -0.2) is 26.4 Å². The van der Waals surface area contributed by atoms with Gasteiger partial charge in [0.2, 0.25) is 0 Å². The van der Waals surface area contributed by atoms with Gasteiger partial charge in [-0.2, -0.15) is 13.2 Å². The third-order valence-electron chi connectivity index (χ3n) is 2.69. The van der Waals surface area contributed by atoms with Crippen LogP contribution in [0.15, 0.2) is 18.2 Å². The summed E-state index contributed by atoms with van der Waals surface area (Å²) in [5.41, 5.74) is 1.34. The average Bonchev–Trinajstić information content (AvgIpc) is 2.32. The Morgan fingerprint density at radius 2 is 2.00 bits per heavy atom. The molecule has 0 aliphatic carbocycles. The summed E-state index contributed by atoms with van der Waals surface area (Å²) in [4.78, 5) is 0. The summed E-state index contributed by atoms with van der Waals surface area (Å²) in [5, 5.41) is 2.88. The third kappa shape index (κ3) is 5.57. The average molecular weight is 279 g/mol. The van der Waals surface area contributed by atoms with Gasteiger partial charge in [-0.25, -0.2) is 4.39 Å². The normalized spacial score (nSPS) is 13.6. The molecule has 0 bridgehead atoms. The second-order valence-corrected chi connectivity index (χ2v) is 4.32. The Balaban J connectivity index is 2.56. The van der Waals surface area contributed by atoms with Gasteiger partial charge < -0.3 is 10.1 Å². The topological polar surface area (TPSA) is 21.3 Å². The Morgan fingerprint density at radius 3 is 2.58 bits per heavy atom. The lowest BCUT2D eigenvalue weighted by Crippen LogP contribution is -2.22. The van der Waals surface area contributed by atoms with Crippen LogP contribution < -0.4 is 5.32 Å². The maximum absolute atomic E-state index is 13.6. The van der Waals surface area contributed by atoms with Crippen LogP contribution in [0.2, 0.25) is 0 Å². The highest BCUT2D eigenvalue weighted by atomic mass is 19.4. The number of ether oxygens (including phenoxy) is 1. The fourth-order valence-corrected chi connectivity index (χ4v) is 1.77. The van der Waals surface area contributed by atoms with Crippen molar-refractivity contribution >= 4 is 0 Å². The lowest BCUT2D eigenvalue weighted by molar-refractivity contribution is -0.174. The van der Waals surface area contributed by atoms with Crippen molar-refractivity contribution in [2.45, 2.75) is 25.6 Å². The SMILES string of the molecule is CNC(CCOCC(F)(F)F)c1cc(C)ccc1F. The van der Waals surface area contributed by atoms with E-state index in [0.717, 1.165) is 5.56 Å². The van der Waals surface area contributed by atoms with Crippen LogP contribution in [-0.2, 0) is 4.74 Å². The van der Waals surface area contributed by atoms with Gasteiger partial charge in [-0.1, -0.05) is 17.7 Å². The monoisotopic (exact) mass is 279 g/mol. The molecule has 1 rings (SSSR count). The van der Waals surface area contributed by atoms with Crippen molar-refractivity contribution in [3.05, 3.63) is 35.1 Å². The summed E-state index contributed by atoms with van der Waals surface area (Å²) in [6.45, 7) is 0.466. The molecule has 0 saturated heterocycles. The molecule has 0 saturated carbocycles. The van der Waals surface area contributed by atoms with Gasteiger partial charge >= 0.3 is 6.18 Å². The summed E-state index contributed by atoms with van der Waals surface area (Å²) in [6.07, 6.45) is -4.06. The molecular weight excluding hydrogens is 262 g/mol. The van der Waals surface area contributed by atoms with E-state index in [0.29, 0.717) is 5.56 Å². The van der Waals surface area contributed by atoms with E-state index in [1.165, 1.54) is 6.07 Å². The number of benzene rings is 1. The molecule has 1 atom stereocenters. The first kappa shape index (κ1) is 15.9. The smallest absolute Gasteiger partial charge is 0.372 e. The van der Waals surface area contributed by atoms with Gasteiger partial charge in [0, 0.05) is 18.2 Å². The minimum atomic E-state index is -4.33. The van der Waals surface area contributed by atoms with E-state index in [-0.39, 0.29) is 24.9 Å². The van der Waals surface area contributed by atoms with Gasteiger partial charge in [0.15, 0.2) is 0 Å². The maximum atomic E-state index is 13.6. The number of hydrogen-bond acceptors (Lipinski definition) is 2. The third-order valence-corrected chi connectivity index (χ3v) is 2.69. The van der Waals surface area contributed by atoms with E-state index in [1.54, 1.807) is 19.2 Å². The Bertz CT molecular complexity index is 406. The van der Waals surface area contributed by atoms with Crippen LogP contribution >= 0.6 is 0 Å². The first-order valence-electron chi connectivity index (χ1n) is 5.91. The molecule has 0 amide bonds. The number of hydrogen-bond donors (Lipinski definition) is 1. The minimum absolute atomic E-state index is 0.0849. The second kappa shape index (κ2) is 6.86. The molecule has 108 valence electrons. The minimum Gasteiger partial charge on any atom is -0.372 e. The first-order chi connectivity index (χ1) is 8.83. The number of nitrogens with one attached hydrogen (secondary N) is 1. The summed E-state index contributed by atoms with van der Waals surface area (Å²) < 4.78 is 53.9. The molecule has 19 heavy (non-hydrogen) atoms. The van der Waals surface area contributed by atoms with Crippen LogP contribution in [0.1, 0.15) is 23.6 Å². The van der Waals surface area contributed by atoms with Gasteiger partial charge in [-0.15, -0.1) is 0 Å². The molecule has 1 aromatic rings. The Morgan fingerprint density at radius 1 is 1.32 bits per heavy atom. The number of aryl methyl sites for hydroxylation is 1. The Hall–Kier alpha value is -1.14. The zero-order chi connectivity index (χ0) is 14.5. The van der Waals surface area contributed by atoms with Crippen molar-refractivity contribution in [2.24, 2.45) is 0 Å². The van der Waals surface area contributed by atoms with Crippen molar-refractivity contribution in [3.63, 3.8) is 0 Å². The van der Waals surface area contributed by atoms with Gasteiger partial charge in [-0.05, 0) is 26.5 Å². The molecule has 0 aromatic heterocycles. The standard InChI is InChI=1S/C13H17F4NO/c1-9-3-4-11(14)10(7-9)12(18-2)5-6-19-8-13(15,16)17/h3-4,7,12,18H,5-6,8H2,1-2H3. The lowest BCUT2D eigenvalue weighted by Gasteiger charge is -2.18. The molecule has 1 unspecified atom stereocenters. The highest BCUT2D eigenvalue weighted by Crippen LogP contribution is 2.22. The van der Waals surface area contributed by atoms with Crippen molar-refractivity contribution in [1.29, 1.82) is 0 Å². The van der Waals surface area contributed by atoms with E-state index < -0.39 is 12.8 Å². The van der Waals surface area contributed by atoms with E-state index >= 15 is 0 Å². The number of alkyl halides is 3. The number of rotatable bonds is 6. The quantitative estimate of drug-likeness (QED) is 0.637. The van der Waals surface area contributed by atoms with Crippen molar-refractivity contribution in [2.75, 3.05) is 20.3 Å². The zero-order valence-electron chi connectivity index (χ0n) is 10.9. The van der Waals surface area contributed by atoms with Gasteiger partial charge in [0.25, 0.3) is 0 Å². The van der Waals surface area contributed by atoms with Crippen LogP contribution in [0, 0.1) is 12.7 Å². The Kier molecular flexibility index (Phi) is 5.75. The van der Waals surface area contributed by atoms with Crippen LogP contribution in [0.3, 0.4) is 0 Å². The molecule has 0 heterocycles. The molecule has 0 aliphatic heterocycles. The zero-order valence-corrected chi connectivity index (χ0v) is 10.9. The van der Waals surface area contributed by atoms with Crippen LogP contribution in [0.4, 0.5) is 17.6 Å². The fourth-order valence-electron chi connectivity index (χ4n) is 1.77. The second-order valence-electron chi connectivity index (χ2n) is 4.32. The predicted octanol–water partition coefficient (Wildman–Crippen LogP) is 3.36. The molecule has 0 spiro atoms. The highest BCUT2D eigenvalue weighted by molar-refractivity contribution is 5.26. The predicted molar refractivity (Wildman–Crippen MR) is 64.4 cm³/mol. The largest absolute Gasteiger partial charge is 0.411 e. The molecular formula is C13H17F4NO. The van der Waals surface area contributed by atoms with Crippen molar-refractivity contribution < 1.29 is 22.3 Å². The van der Waals surface area contributed by atoms with E-state index in [2.05, 4.69) is 10.1 Å². The van der Waals surface area contributed by atoms with E-state index in [4.69, 9.17) is 0 Å². The summed E-state index contributed by atoms with van der Waals surface area (Å²) >= 11 is 0. The van der Waals surface area contributed by atoms with Gasteiger partial charge in [0.05, 0.1) is 0 Å². The van der Waals surface area contributed by atoms with Gasteiger partial charge in [-0.3, -0.25) is 0 Å². The molecule has 1 aromatic carbocycles. The van der Waals surface area contributed by atoms with E-state index in [9.17, 15) is 17.6 Å². The molecule has 0 aliphatic rings. The summed E-state index contributed by atoms with van der Waals surface area (Å²) in [5.74, 6) is -0.374. The molecule has 0 radical (unpaired) electrons. The first-order valence-corrected chi connectivity index (χ1v) is 5.91. The van der Waals surface area contributed by atoms with Gasteiger partial charge in [0.1, 0.15) is 12.4 Å². The molecule has 2 nitrogen and oxygen atoms in total. The van der Waals surface area contributed by atoms with Crippen LogP contribution in [0.25, 0.3) is 0 Å². The summed E-state index contributed by atoms with van der Waals surface area (Å²) in [7, 11) is 1.64. The van der Waals surface area contributed by atoms with Crippen LogP contribution in [0.5, 0.6) is 0 Å². The number of halogens is 4. The van der Waals surface area contributed by atoms with E-state index in [1.807, 2.05) is 6.92 Å². The molecule has 6 heteroatoms. The fraction of sp³-hybridized carbons (Fsp3) is 0.538. The molecule has 0 fully saturated rings. The highest BCUT2D eigenvalue weighted by Gasteiger charge is 2.27. The Labute approximate surface area is 109 Å². The lowest BCUT2D eigenvalue weighted by atomic mass is 10.0. The summed E-state index contributed by atoms with van der Waals surface area (Å²) in [6, 6.07) is 4.31. The van der Waals surface area contributed by atoms with Crippen molar-refractivity contribution in [3.8, 4) is 0 Å². The molecule has 1 N–H and O–H groups in total. The van der Waals surface area contributed by atoms with Crippen molar-refractivity contribution in [1.82, 2.24) is 5.32 Å². The maximum Gasteiger partial charge on any atom is 0.411 e.